The molecular formula is C13H29N3O3S. The smallest absolute Gasteiger partial charge is 0.279 e. The van der Waals surface area contributed by atoms with Gasteiger partial charge in [0.15, 0.2) is 0 Å². The molecule has 0 spiro atoms. The molecular weight excluding hydrogens is 278 g/mol. The molecule has 1 aliphatic heterocycles. The number of nitrogens with two attached hydrogens (primary N) is 1. The molecule has 0 amide bonds. The van der Waals surface area contributed by atoms with Crippen LogP contribution in [0.3, 0.4) is 0 Å². The summed E-state index contributed by atoms with van der Waals surface area (Å²) in [5, 5.41) is 0. The minimum absolute atomic E-state index is 0.331. The van der Waals surface area contributed by atoms with Gasteiger partial charge in [-0.15, -0.1) is 0 Å². The Bertz CT molecular complexity index is 352. The summed E-state index contributed by atoms with van der Waals surface area (Å²) in [7, 11) is -3.36. The normalized spacial score (nSPS) is 18.8. The van der Waals surface area contributed by atoms with E-state index in [-0.39, 0.29) is 0 Å². The average molecular weight is 307 g/mol. The van der Waals surface area contributed by atoms with Gasteiger partial charge >= 0.3 is 0 Å². The fraction of sp³-hybridized carbons (Fsp3) is 1.00. The number of piperidine rings is 1. The lowest BCUT2D eigenvalue weighted by molar-refractivity contribution is 0.128. The van der Waals surface area contributed by atoms with Gasteiger partial charge in [0, 0.05) is 26.2 Å². The quantitative estimate of drug-likeness (QED) is 0.609. The van der Waals surface area contributed by atoms with Crippen LogP contribution >= 0.6 is 0 Å². The van der Waals surface area contributed by atoms with Crippen LogP contribution in [-0.4, -0.2) is 52.1 Å². The molecule has 0 aromatic carbocycles. The lowest BCUT2D eigenvalue weighted by atomic mass is 9.99. The van der Waals surface area contributed by atoms with Crippen molar-refractivity contribution in [3.8, 4) is 0 Å². The van der Waals surface area contributed by atoms with Crippen molar-refractivity contribution in [1.29, 1.82) is 0 Å². The first kappa shape index (κ1) is 17.8. The Morgan fingerprint density at radius 1 is 1.30 bits per heavy atom. The lowest BCUT2D eigenvalue weighted by Gasteiger charge is -2.30. The van der Waals surface area contributed by atoms with E-state index in [0.717, 1.165) is 19.3 Å². The fourth-order valence-corrected chi connectivity index (χ4v) is 3.36. The van der Waals surface area contributed by atoms with E-state index in [1.54, 1.807) is 0 Å². The molecule has 1 rings (SSSR count). The van der Waals surface area contributed by atoms with Crippen LogP contribution in [0.2, 0.25) is 0 Å². The molecule has 0 radical (unpaired) electrons. The summed E-state index contributed by atoms with van der Waals surface area (Å²) < 4.78 is 33.6. The maximum absolute atomic E-state index is 12.0. The van der Waals surface area contributed by atoms with Crippen LogP contribution in [0.25, 0.3) is 0 Å². The third-order valence-electron chi connectivity index (χ3n) is 3.62. The molecule has 0 aromatic heterocycles. The summed E-state index contributed by atoms with van der Waals surface area (Å²) in [6.07, 6.45) is 2.70. The summed E-state index contributed by atoms with van der Waals surface area (Å²) in [5.74, 6) is 1.07. The molecule has 0 aliphatic carbocycles. The van der Waals surface area contributed by atoms with E-state index in [2.05, 4.69) is 18.6 Å². The zero-order valence-electron chi connectivity index (χ0n) is 12.7. The van der Waals surface area contributed by atoms with Crippen LogP contribution in [0.5, 0.6) is 0 Å². The van der Waals surface area contributed by atoms with Gasteiger partial charge < -0.3 is 10.5 Å². The predicted molar refractivity (Wildman–Crippen MR) is 80.5 cm³/mol. The van der Waals surface area contributed by atoms with Gasteiger partial charge in [-0.1, -0.05) is 13.8 Å². The second-order valence-corrected chi connectivity index (χ2v) is 7.53. The zero-order valence-corrected chi connectivity index (χ0v) is 13.5. The van der Waals surface area contributed by atoms with Crippen molar-refractivity contribution in [1.82, 2.24) is 9.03 Å². The van der Waals surface area contributed by atoms with E-state index in [1.165, 1.54) is 4.31 Å². The van der Waals surface area contributed by atoms with Crippen LogP contribution in [0.1, 0.15) is 33.1 Å². The topological polar surface area (TPSA) is 84.7 Å². The van der Waals surface area contributed by atoms with E-state index in [9.17, 15) is 8.42 Å². The van der Waals surface area contributed by atoms with E-state index in [0.29, 0.717) is 51.2 Å². The zero-order chi connectivity index (χ0) is 15.0. The molecule has 0 aromatic rings. The molecule has 1 saturated heterocycles. The predicted octanol–water partition coefficient (Wildman–Crippen LogP) is 0.554. The molecule has 1 fully saturated rings. The van der Waals surface area contributed by atoms with Crippen molar-refractivity contribution in [2.75, 3.05) is 39.4 Å². The highest BCUT2D eigenvalue weighted by molar-refractivity contribution is 7.87. The Kier molecular flexibility index (Phi) is 7.98. The van der Waals surface area contributed by atoms with Crippen molar-refractivity contribution in [3.63, 3.8) is 0 Å². The van der Waals surface area contributed by atoms with Gasteiger partial charge in [0.05, 0.1) is 6.61 Å². The fourth-order valence-electron chi connectivity index (χ4n) is 2.14. The van der Waals surface area contributed by atoms with Gasteiger partial charge in [-0.25, -0.2) is 0 Å². The van der Waals surface area contributed by atoms with Crippen LogP contribution in [0.15, 0.2) is 0 Å². The summed E-state index contributed by atoms with van der Waals surface area (Å²) in [5.41, 5.74) is 5.61. The molecule has 3 N–H and O–H groups in total. The summed E-state index contributed by atoms with van der Waals surface area (Å²) in [6.45, 7) is 7.47. The SMILES string of the molecule is CC(C)CCOCCNS(=O)(=O)N1CCC(CN)CC1. The van der Waals surface area contributed by atoms with E-state index < -0.39 is 10.2 Å². The number of ether oxygens (including phenoxy) is 1. The Morgan fingerprint density at radius 2 is 1.95 bits per heavy atom. The second-order valence-electron chi connectivity index (χ2n) is 5.77. The summed E-state index contributed by atoms with van der Waals surface area (Å²) >= 11 is 0. The third-order valence-corrected chi connectivity index (χ3v) is 5.23. The summed E-state index contributed by atoms with van der Waals surface area (Å²) in [4.78, 5) is 0. The molecule has 20 heavy (non-hydrogen) atoms. The molecule has 0 bridgehead atoms. The number of hydrogen-bond acceptors (Lipinski definition) is 4. The molecule has 0 saturated carbocycles. The number of rotatable bonds is 9. The second kappa shape index (κ2) is 8.94. The first-order valence-corrected chi connectivity index (χ1v) is 8.92. The third kappa shape index (κ3) is 6.49. The minimum atomic E-state index is -3.36. The van der Waals surface area contributed by atoms with Crippen molar-refractivity contribution in [2.45, 2.75) is 33.1 Å². The number of nitrogens with zero attached hydrogens (tertiary/aromatic N) is 1. The highest BCUT2D eigenvalue weighted by Crippen LogP contribution is 2.17. The van der Waals surface area contributed by atoms with Gasteiger partial charge in [0.1, 0.15) is 0 Å². The van der Waals surface area contributed by atoms with E-state index in [1.807, 2.05) is 0 Å². The average Bonchev–Trinajstić information content (AvgIpc) is 2.42. The van der Waals surface area contributed by atoms with Crippen LogP contribution in [0, 0.1) is 11.8 Å². The number of hydrogen-bond donors (Lipinski definition) is 2. The highest BCUT2D eigenvalue weighted by atomic mass is 32.2. The van der Waals surface area contributed by atoms with Crippen LogP contribution < -0.4 is 10.5 Å². The Balaban J connectivity index is 2.18. The van der Waals surface area contributed by atoms with Crippen molar-refractivity contribution < 1.29 is 13.2 Å². The van der Waals surface area contributed by atoms with Crippen LogP contribution in [0.4, 0.5) is 0 Å². The molecule has 0 atom stereocenters. The molecule has 120 valence electrons. The first-order chi connectivity index (χ1) is 9.45. The molecule has 1 aliphatic rings. The van der Waals surface area contributed by atoms with Gasteiger partial charge in [-0.2, -0.15) is 17.4 Å². The van der Waals surface area contributed by atoms with E-state index in [4.69, 9.17) is 10.5 Å². The largest absolute Gasteiger partial charge is 0.380 e. The van der Waals surface area contributed by atoms with Gasteiger partial charge in [0.2, 0.25) is 0 Å². The maximum Gasteiger partial charge on any atom is 0.279 e. The Labute approximate surface area is 123 Å². The standard InChI is InChI=1S/C13H29N3O3S/c1-12(2)5-9-19-10-6-15-20(17,18)16-7-3-13(11-14)4-8-16/h12-13,15H,3-11,14H2,1-2H3. The van der Waals surface area contributed by atoms with Crippen molar-refractivity contribution in [2.24, 2.45) is 17.6 Å². The Morgan fingerprint density at radius 3 is 2.50 bits per heavy atom. The monoisotopic (exact) mass is 307 g/mol. The summed E-state index contributed by atoms with van der Waals surface area (Å²) in [6, 6.07) is 0. The molecule has 6 nitrogen and oxygen atoms in total. The number of nitrogens with one attached hydrogen (secondary N) is 1. The molecule has 1 heterocycles. The first-order valence-electron chi connectivity index (χ1n) is 7.48. The van der Waals surface area contributed by atoms with Crippen molar-refractivity contribution in [3.05, 3.63) is 0 Å². The molecule has 7 heteroatoms. The van der Waals surface area contributed by atoms with Gasteiger partial charge in [0.25, 0.3) is 10.2 Å². The van der Waals surface area contributed by atoms with E-state index >= 15 is 0 Å². The van der Waals surface area contributed by atoms with Crippen LogP contribution in [-0.2, 0) is 14.9 Å². The maximum atomic E-state index is 12.0. The lowest BCUT2D eigenvalue weighted by Crippen LogP contribution is -2.46. The Hall–Kier alpha value is -0.210. The van der Waals surface area contributed by atoms with Gasteiger partial charge in [-0.3, -0.25) is 0 Å². The van der Waals surface area contributed by atoms with Crippen molar-refractivity contribution >= 4 is 10.2 Å². The minimum Gasteiger partial charge on any atom is -0.380 e. The van der Waals surface area contributed by atoms with Gasteiger partial charge in [-0.05, 0) is 37.6 Å². The highest BCUT2D eigenvalue weighted by Gasteiger charge is 2.26. The molecule has 0 unspecified atom stereocenters.